The van der Waals surface area contributed by atoms with Gasteiger partial charge in [-0.1, -0.05) is 0 Å². The summed E-state index contributed by atoms with van der Waals surface area (Å²) in [5.41, 5.74) is 0. The summed E-state index contributed by atoms with van der Waals surface area (Å²) in [6.07, 6.45) is 4.32. The lowest BCUT2D eigenvalue weighted by molar-refractivity contribution is -0.125. The quantitative estimate of drug-likeness (QED) is 0.664. The molecule has 3 nitrogen and oxygen atoms in total. The van der Waals surface area contributed by atoms with Gasteiger partial charge in [-0.15, -0.1) is 0 Å². The molecule has 0 aromatic heterocycles. The third kappa shape index (κ3) is 1.80. The van der Waals surface area contributed by atoms with Crippen LogP contribution in [0, 0.1) is 5.92 Å². The van der Waals surface area contributed by atoms with Gasteiger partial charge in [-0.2, -0.15) is 0 Å². The van der Waals surface area contributed by atoms with Gasteiger partial charge in [0.15, 0.2) is 0 Å². The Morgan fingerprint density at radius 3 is 2.50 bits per heavy atom. The van der Waals surface area contributed by atoms with Gasteiger partial charge < -0.3 is 4.90 Å². The van der Waals surface area contributed by atoms with Crippen LogP contribution in [-0.4, -0.2) is 53.8 Å². The van der Waals surface area contributed by atoms with Crippen molar-refractivity contribution in [3.05, 3.63) is 0 Å². The zero-order valence-electron chi connectivity index (χ0n) is 10.2. The van der Waals surface area contributed by atoms with Crippen molar-refractivity contribution in [3.8, 4) is 0 Å². The number of piperidine rings is 4. The van der Waals surface area contributed by atoms with Crippen molar-refractivity contribution in [3.63, 3.8) is 0 Å². The lowest BCUT2D eigenvalue weighted by Gasteiger charge is -2.51. The topological polar surface area (TPSA) is 23.6 Å². The molecule has 0 aliphatic carbocycles. The van der Waals surface area contributed by atoms with Crippen molar-refractivity contribution in [2.75, 3.05) is 26.2 Å². The highest BCUT2D eigenvalue weighted by molar-refractivity contribution is 5.79. The van der Waals surface area contributed by atoms with E-state index in [4.69, 9.17) is 0 Å². The van der Waals surface area contributed by atoms with Crippen molar-refractivity contribution in [2.24, 2.45) is 5.92 Å². The standard InChI is InChI=1S/C13H22N2O/c1-10-8-12(16)4-7-15(10)13-9-14-5-2-11(13)3-6-14/h10-11,13H,2-9H2,1H3. The van der Waals surface area contributed by atoms with Crippen LogP contribution in [0.25, 0.3) is 0 Å². The van der Waals surface area contributed by atoms with Crippen LogP contribution in [0.4, 0.5) is 0 Å². The fraction of sp³-hybridized carbons (Fsp3) is 0.923. The molecule has 0 aromatic carbocycles. The van der Waals surface area contributed by atoms with E-state index in [1.807, 2.05) is 0 Å². The summed E-state index contributed by atoms with van der Waals surface area (Å²) in [5, 5.41) is 0. The third-order valence-electron chi connectivity index (χ3n) is 4.79. The van der Waals surface area contributed by atoms with Crippen molar-refractivity contribution in [1.29, 1.82) is 0 Å². The van der Waals surface area contributed by atoms with Crippen LogP contribution in [-0.2, 0) is 4.79 Å². The monoisotopic (exact) mass is 222 g/mol. The number of carbonyl (C=O) groups excluding carboxylic acids is 1. The summed E-state index contributed by atoms with van der Waals surface area (Å²) in [7, 11) is 0. The first-order chi connectivity index (χ1) is 7.74. The minimum atomic E-state index is 0.463. The summed E-state index contributed by atoms with van der Waals surface area (Å²) in [6.45, 7) is 7.11. The van der Waals surface area contributed by atoms with E-state index in [1.54, 1.807) is 0 Å². The Morgan fingerprint density at radius 1 is 1.19 bits per heavy atom. The zero-order chi connectivity index (χ0) is 11.1. The fourth-order valence-corrected chi connectivity index (χ4v) is 3.83. The molecule has 0 N–H and O–H groups in total. The first kappa shape index (κ1) is 10.7. The summed E-state index contributed by atoms with van der Waals surface area (Å²) < 4.78 is 0. The van der Waals surface area contributed by atoms with Crippen molar-refractivity contribution < 1.29 is 4.79 Å². The Labute approximate surface area is 97.8 Å². The highest BCUT2D eigenvalue weighted by Gasteiger charge is 2.40. The van der Waals surface area contributed by atoms with Crippen LogP contribution in [0.15, 0.2) is 0 Å². The zero-order valence-corrected chi connectivity index (χ0v) is 10.2. The molecule has 0 saturated carbocycles. The maximum Gasteiger partial charge on any atom is 0.135 e. The predicted molar refractivity (Wildman–Crippen MR) is 63.4 cm³/mol. The highest BCUT2D eigenvalue weighted by atomic mass is 16.1. The molecule has 3 heteroatoms. The summed E-state index contributed by atoms with van der Waals surface area (Å²) in [5.74, 6) is 1.37. The second-order valence-electron chi connectivity index (χ2n) is 5.79. The average Bonchev–Trinajstić information content (AvgIpc) is 2.30. The molecule has 16 heavy (non-hydrogen) atoms. The second-order valence-corrected chi connectivity index (χ2v) is 5.79. The van der Waals surface area contributed by atoms with Gasteiger partial charge in [-0.25, -0.2) is 0 Å². The lowest BCUT2D eigenvalue weighted by Crippen LogP contribution is -2.60. The van der Waals surface area contributed by atoms with E-state index in [9.17, 15) is 4.79 Å². The Hall–Kier alpha value is -0.410. The van der Waals surface area contributed by atoms with Crippen LogP contribution >= 0.6 is 0 Å². The van der Waals surface area contributed by atoms with Gasteiger partial charge >= 0.3 is 0 Å². The smallest absolute Gasteiger partial charge is 0.135 e. The first-order valence-electron chi connectivity index (χ1n) is 6.74. The predicted octanol–water partition coefficient (Wildman–Crippen LogP) is 1.13. The normalized spacial score (nSPS) is 44.9. The van der Waals surface area contributed by atoms with E-state index < -0.39 is 0 Å². The molecular formula is C13H22N2O. The lowest BCUT2D eigenvalue weighted by atomic mass is 9.81. The molecule has 2 unspecified atom stereocenters. The molecule has 4 fully saturated rings. The molecule has 0 aromatic rings. The fourth-order valence-electron chi connectivity index (χ4n) is 3.83. The summed E-state index contributed by atoms with van der Waals surface area (Å²) >= 11 is 0. The number of rotatable bonds is 1. The number of hydrogen-bond acceptors (Lipinski definition) is 3. The average molecular weight is 222 g/mol. The summed E-state index contributed by atoms with van der Waals surface area (Å²) in [4.78, 5) is 16.7. The number of nitrogens with zero attached hydrogens (tertiary/aromatic N) is 2. The second kappa shape index (κ2) is 4.11. The van der Waals surface area contributed by atoms with Gasteiger partial charge in [-0.05, 0) is 38.8 Å². The molecule has 0 spiro atoms. The van der Waals surface area contributed by atoms with Gasteiger partial charge in [0.2, 0.25) is 0 Å². The van der Waals surface area contributed by atoms with Gasteiger partial charge in [-0.3, -0.25) is 9.69 Å². The van der Waals surface area contributed by atoms with Gasteiger partial charge in [0, 0.05) is 38.0 Å². The maximum atomic E-state index is 11.4. The maximum absolute atomic E-state index is 11.4. The highest BCUT2D eigenvalue weighted by Crippen LogP contribution is 2.33. The van der Waals surface area contributed by atoms with Crippen molar-refractivity contribution in [2.45, 2.75) is 44.7 Å². The van der Waals surface area contributed by atoms with E-state index in [0.717, 1.165) is 31.3 Å². The third-order valence-corrected chi connectivity index (χ3v) is 4.79. The molecule has 4 saturated heterocycles. The van der Waals surface area contributed by atoms with Gasteiger partial charge in [0.05, 0.1) is 0 Å². The van der Waals surface area contributed by atoms with Crippen LogP contribution in [0.1, 0.15) is 32.6 Å². The Morgan fingerprint density at radius 2 is 1.94 bits per heavy atom. The molecule has 4 rings (SSSR count). The molecule has 4 heterocycles. The van der Waals surface area contributed by atoms with E-state index in [-0.39, 0.29) is 0 Å². The van der Waals surface area contributed by atoms with E-state index in [1.165, 1.54) is 32.5 Å². The number of hydrogen-bond donors (Lipinski definition) is 0. The van der Waals surface area contributed by atoms with E-state index >= 15 is 0 Å². The molecule has 90 valence electrons. The largest absolute Gasteiger partial charge is 0.302 e. The van der Waals surface area contributed by atoms with E-state index in [0.29, 0.717) is 11.8 Å². The SMILES string of the molecule is CC1CC(=O)CCN1C1CN2CCC1CC2. The minimum absolute atomic E-state index is 0.463. The Balaban J connectivity index is 1.70. The van der Waals surface area contributed by atoms with Crippen molar-refractivity contribution >= 4 is 5.78 Å². The number of ketones is 1. The Kier molecular flexibility index (Phi) is 2.76. The Bertz CT molecular complexity index is 284. The van der Waals surface area contributed by atoms with Crippen molar-refractivity contribution in [1.82, 2.24) is 9.80 Å². The van der Waals surface area contributed by atoms with Crippen LogP contribution < -0.4 is 0 Å². The number of carbonyl (C=O) groups is 1. The number of Topliss-reactive ketones (excluding diaryl/α,β-unsaturated/α-hetero) is 1. The molecule has 0 radical (unpaired) electrons. The number of fused-ring (bicyclic) bond motifs is 3. The van der Waals surface area contributed by atoms with Crippen LogP contribution in [0.2, 0.25) is 0 Å². The molecular weight excluding hydrogens is 200 g/mol. The summed E-state index contributed by atoms with van der Waals surface area (Å²) in [6, 6.07) is 1.22. The van der Waals surface area contributed by atoms with Crippen LogP contribution in [0.5, 0.6) is 0 Å². The molecule has 4 aliphatic heterocycles. The molecule has 2 bridgehead atoms. The number of likely N-dealkylation sites (tertiary alicyclic amines) is 1. The minimum Gasteiger partial charge on any atom is -0.302 e. The van der Waals surface area contributed by atoms with Gasteiger partial charge in [0.25, 0.3) is 0 Å². The van der Waals surface area contributed by atoms with Crippen LogP contribution in [0.3, 0.4) is 0 Å². The molecule has 2 atom stereocenters. The molecule has 0 amide bonds. The molecule has 4 aliphatic rings. The van der Waals surface area contributed by atoms with E-state index in [2.05, 4.69) is 16.7 Å². The first-order valence-corrected chi connectivity index (χ1v) is 6.74. The van der Waals surface area contributed by atoms with Gasteiger partial charge in [0.1, 0.15) is 5.78 Å².